The average Bonchev–Trinajstić information content (AvgIpc) is 2.60. The van der Waals surface area contributed by atoms with Crippen molar-refractivity contribution in [1.82, 2.24) is 9.62 Å². The van der Waals surface area contributed by atoms with E-state index in [2.05, 4.69) is 4.72 Å². The van der Waals surface area contributed by atoms with Crippen LogP contribution in [0, 0.1) is 0 Å². The molecule has 0 saturated carbocycles. The molecule has 1 N–H and O–H groups in total. The lowest BCUT2D eigenvalue weighted by molar-refractivity contribution is -0.154. The van der Waals surface area contributed by atoms with Gasteiger partial charge in [-0.3, -0.25) is 9.59 Å². The Bertz CT molecular complexity index is 716. The predicted molar refractivity (Wildman–Crippen MR) is 89.6 cm³/mol. The van der Waals surface area contributed by atoms with Crippen molar-refractivity contribution in [3.05, 3.63) is 29.3 Å². The maximum atomic E-state index is 12.2. The molecule has 0 bridgehead atoms. The predicted octanol–water partition coefficient (Wildman–Crippen LogP) is 0.409. The summed E-state index contributed by atoms with van der Waals surface area (Å²) in [7, 11) is -3.90. The quantitative estimate of drug-likeness (QED) is 0.706. The second-order valence-electron chi connectivity index (χ2n) is 5.40. The normalized spacial score (nSPS) is 16.3. The molecule has 0 aromatic heterocycles. The van der Waals surface area contributed by atoms with E-state index in [1.54, 1.807) is 0 Å². The van der Waals surface area contributed by atoms with Crippen LogP contribution in [0.1, 0.15) is 6.92 Å². The number of nitrogens with one attached hydrogen (secondary N) is 1. The summed E-state index contributed by atoms with van der Waals surface area (Å²) in [6, 6.07) is 4.37. The molecule has 2 rings (SSSR count). The summed E-state index contributed by atoms with van der Waals surface area (Å²) in [5.74, 6) is -1.18. The molecular formula is C15H19ClN2O6S. The van der Waals surface area contributed by atoms with Gasteiger partial charge in [0, 0.05) is 18.1 Å². The fourth-order valence-electron chi connectivity index (χ4n) is 2.12. The molecular weight excluding hydrogens is 372 g/mol. The van der Waals surface area contributed by atoms with E-state index < -0.39 is 28.6 Å². The molecule has 1 atom stereocenters. The number of esters is 1. The molecule has 1 amide bonds. The van der Waals surface area contributed by atoms with Crippen LogP contribution in [0.5, 0.6) is 0 Å². The Morgan fingerprint density at radius 2 is 1.88 bits per heavy atom. The first-order valence-electron chi connectivity index (χ1n) is 7.59. The second kappa shape index (κ2) is 8.61. The lowest BCUT2D eigenvalue weighted by Crippen LogP contribution is -2.44. The molecule has 1 heterocycles. The minimum absolute atomic E-state index is 0.0269. The Morgan fingerprint density at radius 1 is 1.28 bits per heavy atom. The van der Waals surface area contributed by atoms with Gasteiger partial charge in [-0.1, -0.05) is 11.6 Å². The molecule has 1 fully saturated rings. The molecule has 1 aliphatic rings. The minimum Gasteiger partial charge on any atom is -0.454 e. The number of morpholine rings is 1. The van der Waals surface area contributed by atoms with Crippen molar-refractivity contribution in [3.8, 4) is 0 Å². The Kier molecular flexibility index (Phi) is 6.77. The number of nitrogens with zero attached hydrogens (tertiary/aromatic N) is 1. The summed E-state index contributed by atoms with van der Waals surface area (Å²) in [5.41, 5.74) is 0. The third kappa shape index (κ3) is 5.67. The zero-order valence-corrected chi connectivity index (χ0v) is 15.2. The number of hydrogen-bond donors (Lipinski definition) is 1. The summed E-state index contributed by atoms with van der Waals surface area (Å²) in [4.78, 5) is 25.3. The first-order chi connectivity index (χ1) is 11.8. The first kappa shape index (κ1) is 19.6. The maximum Gasteiger partial charge on any atom is 0.324 e. The number of carbonyl (C=O) groups is 2. The van der Waals surface area contributed by atoms with E-state index in [-0.39, 0.29) is 10.8 Å². The van der Waals surface area contributed by atoms with Gasteiger partial charge in [-0.05, 0) is 31.2 Å². The molecule has 25 heavy (non-hydrogen) atoms. The van der Waals surface area contributed by atoms with Crippen LogP contribution in [0.15, 0.2) is 29.2 Å². The first-order valence-corrected chi connectivity index (χ1v) is 9.46. The molecule has 1 aromatic carbocycles. The fourth-order valence-corrected chi connectivity index (χ4v) is 3.44. The van der Waals surface area contributed by atoms with E-state index in [9.17, 15) is 18.0 Å². The van der Waals surface area contributed by atoms with Crippen LogP contribution in [-0.2, 0) is 29.1 Å². The molecule has 1 aliphatic heterocycles. The summed E-state index contributed by atoms with van der Waals surface area (Å²) >= 11 is 5.72. The largest absolute Gasteiger partial charge is 0.454 e. The number of carbonyl (C=O) groups excluding carboxylic acids is 2. The van der Waals surface area contributed by atoms with Crippen molar-refractivity contribution < 1.29 is 27.5 Å². The summed E-state index contributed by atoms with van der Waals surface area (Å²) in [6.07, 6.45) is 0. The van der Waals surface area contributed by atoms with Crippen LogP contribution in [0.2, 0.25) is 5.02 Å². The zero-order valence-electron chi connectivity index (χ0n) is 13.6. The van der Waals surface area contributed by atoms with Gasteiger partial charge in [0.2, 0.25) is 10.0 Å². The molecule has 10 heteroatoms. The van der Waals surface area contributed by atoms with Gasteiger partial charge in [0.25, 0.3) is 5.91 Å². The Morgan fingerprint density at radius 3 is 2.48 bits per heavy atom. The van der Waals surface area contributed by atoms with E-state index in [1.807, 2.05) is 0 Å². The molecule has 0 spiro atoms. The van der Waals surface area contributed by atoms with Crippen LogP contribution < -0.4 is 4.72 Å². The van der Waals surface area contributed by atoms with Gasteiger partial charge < -0.3 is 14.4 Å². The van der Waals surface area contributed by atoms with Crippen molar-refractivity contribution in [3.63, 3.8) is 0 Å². The molecule has 1 aromatic rings. The molecule has 1 saturated heterocycles. The number of amides is 1. The zero-order chi connectivity index (χ0) is 18.4. The average molecular weight is 391 g/mol. The molecule has 0 aliphatic carbocycles. The number of ether oxygens (including phenoxy) is 2. The van der Waals surface area contributed by atoms with Crippen molar-refractivity contribution >= 4 is 33.5 Å². The Balaban J connectivity index is 1.86. The lowest BCUT2D eigenvalue weighted by atomic mass is 10.4. The van der Waals surface area contributed by atoms with Crippen molar-refractivity contribution in [2.75, 3.05) is 32.9 Å². The van der Waals surface area contributed by atoms with Gasteiger partial charge in [-0.25, -0.2) is 8.42 Å². The molecule has 138 valence electrons. The standard InChI is InChI=1S/C15H19ClN2O6S/c1-11(17-25(21,22)13-4-2-12(16)3-5-13)15(20)24-10-14(19)18-6-8-23-9-7-18/h2-5,11,17H,6-10H2,1H3/t11-/m1/s1. The van der Waals surface area contributed by atoms with Crippen molar-refractivity contribution in [1.29, 1.82) is 0 Å². The number of sulfonamides is 1. The fraction of sp³-hybridized carbons (Fsp3) is 0.467. The highest BCUT2D eigenvalue weighted by Crippen LogP contribution is 2.14. The molecule has 8 nitrogen and oxygen atoms in total. The van der Waals surface area contributed by atoms with Gasteiger partial charge in [0.1, 0.15) is 6.04 Å². The maximum absolute atomic E-state index is 12.2. The summed E-state index contributed by atoms with van der Waals surface area (Å²) in [5, 5.41) is 0.396. The minimum atomic E-state index is -3.90. The number of halogens is 1. The highest BCUT2D eigenvalue weighted by molar-refractivity contribution is 7.89. The van der Waals surface area contributed by atoms with Crippen molar-refractivity contribution in [2.45, 2.75) is 17.9 Å². The Hall–Kier alpha value is -1.68. The van der Waals surface area contributed by atoms with Crippen LogP contribution in [0.4, 0.5) is 0 Å². The highest BCUT2D eigenvalue weighted by Gasteiger charge is 2.25. The number of hydrogen-bond acceptors (Lipinski definition) is 6. The van der Waals surface area contributed by atoms with Gasteiger partial charge in [-0.15, -0.1) is 0 Å². The third-order valence-electron chi connectivity index (χ3n) is 3.51. The topological polar surface area (TPSA) is 102 Å². The molecule has 0 radical (unpaired) electrons. The molecule has 0 unspecified atom stereocenters. The van der Waals surface area contributed by atoms with Gasteiger partial charge in [0.15, 0.2) is 6.61 Å². The van der Waals surface area contributed by atoms with Gasteiger partial charge >= 0.3 is 5.97 Å². The van der Waals surface area contributed by atoms with Crippen LogP contribution in [-0.4, -0.2) is 64.1 Å². The van der Waals surface area contributed by atoms with E-state index in [0.29, 0.717) is 31.3 Å². The summed E-state index contributed by atoms with van der Waals surface area (Å²) < 4.78 is 36.6. The van der Waals surface area contributed by atoms with E-state index >= 15 is 0 Å². The number of benzene rings is 1. The monoisotopic (exact) mass is 390 g/mol. The highest BCUT2D eigenvalue weighted by atomic mass is 35.5. The number of rotatable bonds is 6. The van der Waals surface area contributed by atoms with E-state index in [1.165, 1.54) is 36.1 Å². The van der Waals surface area contributed by atoms with Crippen LogP contribution in [0.25, 0.3) is 0 Å². The van der Waals surface area contributed by atoms with E-state index in [4.69, 9.17) is 21.1 Å². The Labute approximate surface area is 151 Å². The third-order valence-corrected chi connectivity index (χ3v) is 5.32. The van der Waals surface area contributed by atoms with Crippen LogP contribution in [0.3, 0.4) is 0 Å². The smallest absolute Gasteiger partial charge is 0.324 e. The SMILES string of the molecule is C[C@@H](NS(=O)(=O)c1ccc(Cl)cc1)C(=O)OCC(=O)N1CCOCC1. The van der Waals surface area contributed by atoms with Crippen molar-refractivity contribution in [2.24, 2.45) is 0 Å². The summed E-state index contributed by atoms with van der Waals surface area (Å²) in [6.45, 7) is 2.67. The van der Waals surface area contributed by atoms with E-state index in [0.717, 1.165) is 0 Å². The lowest BCUT2D eigenvalue weighted by Gasteiger charge is -2.26. The second-order valence-corrected chi connectivity index (χ2v) is 7.55. The van der Waals surface area contributed by atoms with Crippen LogP contribution >= 0.6 is 11.6 Å². The van der Waals surface area contributed by atoms with Gasteiger partial charge in [0.05, 0.1) is 18.1 Å². The van der Waals surface area contributed by atoms with Gasteiger partial charge in [-0.2, -0.15) is 4.72 Å².